The first-order chi connectivity index (χ1) is 13.8. The molecule has 158 valence electrons. The third kappa shape index (κ3) is 7.30. The van der Waals surface area contributed by atoms with Crippen molar-refractivity contribution in [2.45, 2.75) is 91.4 Å². The Labute approximate surface area is 177 Å². The van der Waals surface area contributed by atoms with Crippen molar-refractivity contribution in [2.24, 2.45) is 10.2 Å². The van der Waals surface area contributed by atoms with E-state index >= 15 is 0 Å². The zero-order valence-corrected chi connectivity index (χ0v) is 19.0. The molecule has 0 aromatic heterocycles. The molecule has 1 N–H and O–H groups in total. The van der Waals surface area contributed by atoms with Crippen LogP contribution in [-0.4, -0.2) is 5.11 Å². The molecule has 0 amide bonds. The minimum absolute atomic E-state index is 0.143. The number of hydrogen-bond acceptors (Lipinski definition) is 3. The zero-order valence-electron chi connectivity index (χ0n) is 19.0. The molecule has 0 atom stereocenters. The molecule has 0 saturated heterocycles. The Morgan fingerprint density at radius 1 is 0.828 bits per heavy atom. The third-order valence-corrected chi connectivity index (χ3v) is 5.35. The average Bonchev–Trinajstić information content (AvgIpc) is 2.67. The van der Waals surface area contributed by atoms with Crippen LogP contribution >= 0.6 is 0 Å². The Balaban J connectivity index is 2.07. The van der Waals surface area contributed by atoms with Crippen LogP contribution in [0.25, 0.3) is 0 Å². The fourth-order valence-corrected chi connectivity index (χ4v) is 3.61. The molecule has 0 aliphatic heterocycles. The van der Waals surface area contributed by atoms with Crippen molar-refractivity contribution < 1.29 is 5.11 Å². The molecular weight excluding hydrogens is 356 g/mol. The molecule has 0 radical (unpaired) electrons. The van der Waals surface area contributed by atoms with Crippen molar-refractivity contribution in [1.82, 2.24) is 0 Å². The summed E-state index contributed by atoms with van der Waals surface area (Å²) in [5.74, 6) is 0.233. The van der Waals surface area contributed by atoms with Crippen LogP contribution in [0.2, 0.25) is 0 Å². The fourth-order valence-electron chi connectivity index (χ4n) is 3.61. The van der Waals surface area contributed by atoms with Crippen LogP contribution in [0, 0.1) is 6.92 Å². The van der Waals surface area contributed by atoms with Crippen LogP contribution in [0.1, 0.15) is 89.3 Å². The molecule has 0 bridgehead atoms. The number of phenols is 1. The van der Waals surface area contributed by atoms with Gasteiger partial charge in [0.1, 0.15) is 11.4 Å². The topological polar surface area (TPSA) is 45.0 Å². The Bertz CT molecular complexity index is 803. The number of hydrogen-bond donors (Lipinski definition) is 1. The lowest BCUT2D eigenvalue weighted by Gasteiger charge is -2.21. The number of rotatable bonds is 10. The second-order valence-corrected chi connectivity index (χ2v) is 9.13. The normalized spacial score (nSPS) is 12.0. The molecule has 0 unspecified atom stereocenters. The zero-order chi connectivity index (χ0) is 21.3. The minimum Gasteiger partial charge on any atom is -0.505 e. The molecule has 2 aromatic rings. The highest BCUT2D eigenvalue weighted by molar-refractivity contribution is 5.59. The van der Waals surface area contributed by atoms with E-state index in [1.807, 2.05) is 31.2 Å². The number of benzene rings is 2. The second-order valence-electron chi connectivity index (χ2n) is 9.13. The van der Waals surface area contributed by atoms with Crippen LogP contribution in [0.5, 0.6) is 5.75 Å². The van der Waals surface area contributed by atoms with Gasteiger partial charge in [-0.3, -0.25) is 0 Å². The Hall–Kier alpha value is -2.16. The highest BCUT2D eigenvalue weighted by Crippen LogP contribution is 2.39. The van der Waals surface area contributed by atoms with Crippen LogP contribution in [0.15, 0.2) is 46.6 Å². The summed E-state index contributed by atoms with van der Waals surface area (Å²) in [6.07, 6.45) is 10.1. The highest BCUT2D eigenvalue weighted by Gasteiger charge is 2.20. The van der Waals surface area contributed by atoms with E-state index in [2.05, 4.69) is 50.1 Å². The van der Waals surface area contributed by atoms with Crippen LogP contribution in [0.3, 0.4) is 0 Å². The molecule has 0 aliphatic rings. The number of azo groups is 1. The number of aryl methyl sites for hydroxylation is 2. The van der Waals surface area contributed by atoms with E-state index in [4.69, 9.17) is 0 Å². The molecule has 0 saturated carbocycles. The first-order valence-electron chi connectivity index (χ1n) is 11.2. The van der Waals surface area contributed by atoms with E-state index in [-0.39, 0.29) is 11.2 Å². The summed E-state index contributed by atoms with van der Waals surface area (Å²) in [7, 11) is 0. The maximum absolute atomic E-state index is 10.7. The monoisotopic (exact) mass is 394 g/mol. The molecule has 0 aliphatic carbocycles. The lowest BCUT2D eigenvalue weighted by Crippen LogP contribution is -2.11. The molecule has 29 heavy (non-hydrogen) atoms. The van der Waals surface area contributed by atoms with Gasteiger partial charge < -0.3 is 5.11 Å². The van der Waals surface area contributed by atoms with Gasteiger partial charge in [-0.25, -0.2) is 0 Å². The van der Waals surface area contributed by atoms with Crippen LogP contribution in [-0.2, 0) is 11.8 Å². The highest BCUT2D eigenvalue weighted by atomic mass is 16.3. The lowest BCUT2D eigenvalue weighted by atomic mass is 9.85. The third-order valence-electron chi connectivity index (χ3n) is 5.35. The molecule has 3 heteroatoms. The fraction of sp³-hybridized carbons (Fsp3) is 0.538. The van der Waals surface area contributed by atoms with Gasteiger partial charge in [0.25, 0.3) is 0 Å². The maximum Gasteiger partial charge on any atom is 0.146 e. The summed E-state index contributed by atoms with van der Waals surface area (Å²) in [6, 6.07) is 12.1. The smallest absolute Gasteiger partial charge is 0.146 e. The maximum atomic E-state index is 10.7. The van der Waals surface area contributed by atoms with Crippen molar-refractivity contribution >= 4 is 11.4 Å². The molecule has 0 spiro atoms. The van der Waals surface area contributed by atoms with Gasteiger partial charge in [-0.05, 0) is 48.4 Å². The van der Waals surface area contributed by atoms with Crippen molar-refractivity contribution in [3.05, 3.63) is 53.1 Å². The van der Waals surface area contributed by atoms with Gasteiger partial charge in [0.15, 0.2) is 0 Å². The predicted molar refractivity (Wildman–Crippen MR) is 124 cm³/mol. The first kappa shape index (κ1) is 23.1. The molecule has 2 rings (SSSR count). The van der Waals surface area contributed by atoms with E-state index in [1.165, 1.54) is 50.5 Å². The minimum atomic E-state index is -0.143. The van der Waals surface area contributed by atoms with E-state index < -0.39 is 0 Å². The SMILES string of the molecule is CCCCCCCCCc1ccccc1N=Nc1cc(C)cc(C(C)(C)C)c1O. The lowest BCUT2D eigenvalue weighted by molar-refractivity contribution is 0.447. The predicted octanol–water partition coefficient (Wildman–Crippen LogP) is 8.71. The van der Waals surface area contributed by atoms with Gasteiger partial charge in [-0.15, -0.1) is 5.11 Å². The van der Waals surface area contributed by atoms with E-state index in [1.54, 1.807) is 0 Å². The van der Waals surface area contributed by atoms with Gasteiger partial charge in [0.2, 0.25) is 0 Å². The van der Waals surface area contributed by atoms with E-state index in [0.717, 1.165) is 23.2 Å². The largest absolute Gasteiger partial charge is 0.505 e. The summed E-state index contributed by atoms with van der Waals surface area (Å²) < 4.78 is 0. The average molecular weight is 395 g/mol. The van der Waals surface area contributed by atoms with Crippen LogP contribution in [0.4, 0.5) is 11.4 Å². The number of unbranched alkanes of at least 4 members (excludes halogenated alkanes) is 6. The van der Waals surface area contributed by atoms with Crippen molar-refractivity contribution in [3.63, 3.8) is 0 Å². The molecule has 0 heterocycles. The van der Waals surface area contributed by atoms with Crippen LogP contribution < -0.4 is 0 Å². The number of nitrogens with zero attached hydrogens (tertiary/aromatic N) is 2. The summed E-state index contributed by atoms with van der Waals surface area (Å²) in [6.45, 7) is 10.6. The van der Waals surface area contributed by atoms with Crippen molar-refractivity contribution in [3.8, 4) is 5.75 Å². The Kier molecular flexibility index (Phi) is 8.88. The van der Waals surface area contributed by atoms with Gasteiger partial charge in [0.05, 0.1) is 5.69 Å². The molecular formula is C26H38N2O. The Morgan fingerprint density at radius 2 is 1.45 bits per heavy atom. The summed E-state index contributed by atoms with van der Waals surface area (Å²) in [5.41, 5.74) is 4.52. The van der Waals surface area contributed by atoms with Gasteiger partial charge in [-0.1, -0.05) is 90.5 Å². The van der Waals surface area contributed by atoms with Gasteiger partial charge in [-0.2, -0.15) is 5.11 Å². The number of phenolic OH excluding ortho intramolecular Hbond substituents is 1. The van der Waals surface area contributed by atoms with E-state index in [9.17, 15) is 5.11 Å². The summed E-state index contributed by atoms with van der Waals surface area (Å²) in [5, 5.41) is 19.6. The first-order valence-corrected chi connectivity index (χ1v) is 11.2. The summed E-state index contributed by atoms with van der Waals surface area (Å²) >= 11 is 0. The standard InChI is InChI=1S/C26H38N2O/c1-6-7-8-9-10-11-12-15-21-16-13-14-17-23(21)27-28-24-19-20(2)18-22(25(24)29)26(3,4)5/h13-14,16-19,29H,6-12,15H2,1-5H3. The quantitative estimate of drug-likeness (QED) is 0.318. The van der Waals surface area contributed by atoms with Crippen molar-refractivity contribution in [2.75, 3.05) is 0 Å². The number of aromatic hydroxyl groups is 1. The second kappa shape index (κ2) is 11.1. The van der Waals surface area contributed by atoms with E-state index in [0.29, 0.717) is 5.69 Å². The van der Waals surface area contributed by atoms with Gasteiger partial charge >= 0.3 is 0 Å². The van der Waals surface area contributed by atoms with Gasteiger partial charge in [0, 0.05) is 5.56 Å². The molecule has 0 fully saturated rings. The summed E-state index contributed by atoms with van der Waals surface area (Å²) in [4.78, 5) is 0. The van der Waals surface area contributed by atoms with Crippen molar-refractivity contribution in [1.29, 1.82) is 0 Å². The Morgan fingerprint density at radius 3 is 2.14 bits per heavy atom. The molecule has 2 aromatic carbocycles. The molecule has 3 nitrogen and oxygen atoms in total.